The fourth-order valence-corrected chi connectivity index (χ4v) is 20.4. The summed E-state index contributed by atoms with van der Waals surface area (Å²) >= 11 is 0. The van der Waals surface area contributed by atoms with Crippen LogP contribution in [0.4, 0.5) is 25.8 Å². The lowest BCUT2D eigenvalue weighted by Crippen LogP contribution is -2.74. The zero-order chi connectivity index (χ0) is 83.8. The van der Waals surface area contributed by atoms with Crippen molar-refractivity contribution in [3.8, 4) is 33.4 Å². The molecule has 0 saturated carbocycles. The van der Waals surface area contributed by atoms with E-state index in [0.717, 1.165) is 16.7 Å². The molecule has 1 nitrogen and oxygen atoms in total. The number of anilines is 3. The van der Waals surface area contributed by atoms with E-state index in [-0.39, 0.29) is 22.5 Å². The Balaban J connectivity index is 0.000000141. The lowest BCUT2D eigenvalue weighted by atomic mass is 9.68. The Bertz CT molecular complexity index is 5530. The molecule has 592 valence electrons. The van der Waals surface area contributed by atoms with Gasteiger partial charge in [-0.2, -0.15) is 0 Å². The van der Waals surface area contributed by atoms with Crippen LogP contribution < -0.4 is 25.6 Å². The van der Waals surface area contributed by atoms with Crippen molar-refractivity contribution in [3.05, 3.63) is 534 Å². The summed E-state index contributed by atoms with van der Waals surface area (Å²) in [5, 5.41) is 5.68. The van der Waals surface area contributed by atoms with Gasteiger partial charge in [0.25, 0.3) is 0 Å². The van der Waals surface area contributed by atoms with E-state index >= 15 is 0 Å². The summed E-state index contributed by atoms with van der Waals surface area (Å²) in [5.74, 6) is -0.364. The molecule has 19 rings (SSSR count). The molecule has 1 heterocycles. The van der Waals surface area contributed by atoms with E-state index in [1.54, 1.807) is 24.3 Å². The Labute approximate surface area is 709 Å². The van der Waals surface area contributed by atoms with Crippen molar-refractivity contribution in [1.82, 2.24) is 0 Å². The molecular formula is C115H109F2NSi. The van der Waals surface area contributed by atoms with Gasteiger partial charge < -0.3 is 4.90 Å². The number of hydrogen-bond donors (Lipinski definition) is 0. The van der Waals surface area contributed by atoms with Crippen molar-refractivity contribution in [2.24, 2.45) is 0 Å². The zero-order valence-electron chi connectivity index (χ0n) is 70.6. The fraction of sp³-hybridized carbons (Fsp3) is 0.113. The number of rotatable bonds is 9. The summed E-state index contributed by atoms with van der Waals surface area (Å²) < 4.78 is 24.8. The summed E-state index contributed by atoms with van der Waals surface area (Å²) in [5.41, 5.74) is 25.3. The monoisotopic (exact) mass is 1570 g/mol. The molecule has 0 N–H and O–H groups in total. The third-order valence-electron chi connectivity index (χ3n) is 21.4. The lowest BCUT2D eigenvalue weighted by molar-refractivity contribution is 0.627. The van der Waals surface area contributed by atoms with Crippen molar-refractivity contribution in [2.45, 2.75) is 87.0 Å². The minimum Gasteiger partial charge on any atom is -0.310 e. The first kappa shape index (κ1) is 86.5. The van der Waals surface area contributed by atoms with Gasteiger partial charge in [-0.1, -0.05) is 482 Å². The van der Waals surface area contributed by atoms with Gasteiger partial charge in [-0.3, -0.25) is 0 Å². The van der Waals surface area contributed by atoms with E-state index in [1.165, 1.54) is 140 Å². The molecule has 0 fully saturated rings. The maximum Gasteiger partial charge on any atom is 0.179 e. The molecule has 17 aromatic carbocycles. The minimum absolute atomic E-state index is 0.00320. The second-order valence-corrected chi connectivity index (χ2v) is 33.5. The predicted molar refractivity (Wildman–Crippen MR) is 510 cm³/mol. The van der Waals surface area contributed by atoms with Crippen LogP contribution in [0.15, 0.2) is 461 Å². The van der Waals surface area contributed by atoms with Crippen LogP contribution in [0.5, 0.6) is 0 Å². The predicted octanol–water partition coefficient (Wildman–Crippen LogP) is 28.9. The maximum absolute atomic E-state index is 12.7. The summed E-state index contributed by atoms with van der Waals surface area (Å²) in [6.45, 7) is 23.0. The van der Waals surface area contributed by atoms with E-state index < -0.39 is 8.07 Å². The SMILES string of the molecule is CC.CC.Cc1ccc(-c2ccc(F)cc2)cc1.Cc1ccc(F)cc1.Cc1ccc([Si](c2ccccc2)(c2ccccc2)c2ccccc2)cc1.Cc1ccc2c(c1)C(C)(C)c1ccccc1N2c1ccccc1.Cc1ccccc1.c1ccc(-c2ccccc2)cc1.c1ccc(C2(c3ccccc3)c3ccccc3-c3ccccc32)cc1. The number of hydrogen-bond acceptors (Lipinski definition) is 1. The average molecular weight is 1570 g/mol. The third-order valence-corrected chi connectivity index (χ3v) is 26.2. The minimum atomic E-state index is -2.32. The van der Waals surface area contributed by atoms with Crippen molar-refractivity contribution in [2.75, 3.05) is 4.90 Å². The van der Waals surface area contributed by atoms with Gasteiger partial charge in [0.15, 0.2) is 8.07 Å². The molecule has 0 unspecified atom stereocenters. The summed E-state index contributed by atoms with van der Waals surface area (Å²) in [6, 6.07) is 160. The number of halogens is 2. The van der Waals surface area contributed by atoms with Crippen LogP contribution >= 0.6 is 0 Å². The molecule has 17 aromatic rings. The van der Waals surface area contributed by atoms with Crippen LogP contribution in [0, 0.1) is 46.3 Å². The number of nitrogens with zero attached hydrogens (tertiary/aromatic N) is 1. The van der Waals surface area contributed by atoms with Crippen LogP contribution in [0.1, 0.15) is 103 Å². The van der Waals surface area contributed by atoms with Crippen LogP contribution in [0.2, 0.25) is 0 Å². The van der Waals surface area contributed by atoms with Crippen molar-refractivity contribution < 1.29 is 8.78 Å². The van der Waals surface area contributed by atoms with Gasteiger partial charge in [0.1, 0.15) is 11.6 Å². The summed E-state index contributed by atoms with van der Waals surface area (Å²) in [4.78, 5) is 2.38. The number of aryl methyl sites for hydroxylation is 5. The lowest BCUT2D eigenvalue weighted by Gasteiger charge is -2.42. The highest BCUT2D eigenvalue weighted by molar-refractivity contribution is 7.19. The second-order valence-electron chi connectivity index (χ2n) is 29.7. The van der Waals surface area contributed by atoms with Gasteiger partial charge >= 0.3 is 0 Å². The summed E-state index contributed by atoms with van der Waals surface area (Å²) in [7, 11) is -2.32. The Morgan fingerprint density at radius 3 is 0.882 bits per heavy atom. The fourth-order valence-electron chi connectivity index (χ4n) is 15.7. The van der Waals surface area contributed by atoms with E-state index in [1.807, 2.05) is 77.1 Å². The maximum atomic E-state index is 12.7. The van der Waals surface area contributed by atoms with Crippen molar-refractivity contribution in [1.29, 1.82) is 0 Å². The van der Waals surface area contributed by atoms with Gasteiger partial charge in [-0.05, 0) is 171 Å². The van der Waals surface area contributed by atoms with Gasteiger partial charge in [-0.25, -0.2) is 8.78 Å². The van der Waals surface area contributed by atoms with Gasteiger partial charge in [0.2, 0.25) is 0 Å². The Kier molecular flexibility index (Phi) is 31.2. The highest BCUT2D eigenvalue weighted by Crippen LogP contribution is 2.56. The average Bonchev–Trinajstić information content (AvgIpc) is 1.58. The molecule has 0 aromatic heterocycles. The number of para-hydroxylation sites is 2. The van der Waals surface area contributed by atoms with Crippen molar-refractivity contribution >= 4 is 45.9 Å². The Morgan fingerprint density at radius 2 is 0.496 bits per heavy atom. The standard InChI is InChI=1S/C25H22Si.C25H18.C22H21N.C13H11F.C12H10.C7H7F.C7H8.2C2H6/c1-21-17-19-25(20-18-21)26(22-11-5-2-6-12-22,23-13-7-3-8-14-23)24-15-9-4-10-16-24;1-3-11-19(12-4-1)25(20-13-5-2-6-14-20)23-17-9-7-15-21(23)22-16-8-10-18-24(22)25;1-16-13-14-21-19(15-16)22(2,3)18-11-7-8-12-20(18)23(21)17-9-5-4-6-10-17;1-10-2-4-11(5-3-10)12-6-8-13(14)9-7-12;1-3-7-11(8-4-1)12-9-5-2-6-10-12;1-6-2-4-7(8)5-3-6;1-7-5-3-2-4-6-7;2*1-2/h2-20H,1H3;1-18H;4-15H,1-3H3;2-9H,1H3;1-10H;2-5H,1H3;2-6H,1H3;2*1-2H3. The first-order valence-electron chi connectivity index (χ1n) is 41.5. The first-order chi connectivity index (χ1) is 58.2. The van der Waals surface area contributed by atoms with E-state index in [9.17, 15) is 8.78 Å². The van der Waals surface area contributed by atoms with Gasteiger partial charge in [0, 0.05) is 11.1 Å². The number of benzene rings is 17. The smallest absolute Gasteiger partial charge is 0.179 e. The van der Waals surface area contributed by atoms with Crippen LogP contribution in [-0.2, 0) is 10.8 Å². The van der Waals surface area contributed by atoms with Crippen molar-refractivity contribution in [3.63, 3.8) is 0 Å². The van der Waals surface area contributed by atoms with Gasteiger partial charge in [0.05, 0.1) is 16.8 Å². The largest absolute Gasteiger partial charge is 0.310 e. The first-order valence-corrected chi connectivity index (χ1v) is 43.5. The molecule has 0 saturated heterocycles. The molecule has 0 radical (unpaired) electrons. The molecule has 0 bridgehead atoms. The molecule has 1 aliphatic heterocycles. The molecular weight excluding hydrogens is 1460 g/mol. The topological polar surface area (TPSA) is 3.24 Å². The summed E-state index contributed by atoms with van der Waals surface area (Å²) in [6.07, 6.45) is 0. The van der Waals surface area contributed by atoms with E-state index in [4.69, 9.17) is 0 Å². The number of fused-ring (bicyclic) bond motifs is 5. The molecule has 2 aliphatic rings. The molecule has 4 heteroatoms. The normalized spacial score (nSPS) is 11.7. The van der Waals surface area contributed by atoms with Crippen LogP contribution in [0.25, 0.3) is 33.4 Å². The van der Waals surface area contributed by atoms with Crippen LogP contribution in [0.3, 0.4) is 0 Å². The van der Waals surface area contributed by atoms with E-state index in [0.29, 0.717) is 0 Å². The third kappa shape index (κ3) is 21.1. The Hall–Kier alpha value is -13.4. The Morgan fingerprint density at radius 1 is 0.227 bits per heavy atom. The zero-order valence-corrected chi connectivity index (χ0v) is 71.6. The van der Waals surface area contributed by atoms with E-state index in [2.05, 4.69) is 416 Å². The quantitative estimate of drug-likeness (QED) is 0.103. The van der Waals surface area contributed by atoms with Gasteiger partial charge in [-0.15, -0.1) is 0 Å². The molecule has 0 atom stereocenters. The molecule has 0 amide bonds. The highest BCUT2D eigenvalue weighted by atomic mass is 28.3. The molecule has 119 heavy (non-hydrogen) atoms. The second kappa shape index (κ2) is 43.0. The molecule has 1 aliphatic carbocycles. The molecule has 0 spiro atoms. The van der Waals surface area contributed by atoms with Crippen LogP contribution in [-0.4, -0.2) is 8.07 Å². The highest BCUT2D eigenvalue weighted by Gasteiger charge is 2.46.